The molecular weight excluding hydrogens is 258 g/mol. The summed E-state index contributed by atoms with van der Waals surface area (Å²) in [6.07, 6.45) is 2.82. The quantitative estimate of drug-likeness (QED) is 0.782. The molecule has 0 aliphatic rings. The average molecular weight is 275 g/mol. The smallest absolute Gasteiger partial charge is 0.0913 e. The van der Waals surface area contributed by atoms with Crippen molar-refractivity contribution in [2.45, 2.75) is 12.0 Å². The van der Waals surface area contributed by atoms with Gasteiger partial charge < -0.3 is 5.11 Å². The third-order valence-corrected chi connectivity index (χ3v) is 3.66. The number of hydrogen-bond acceptors (Lipinski definition) is 2. The molecule has 3 aromatic rings. The monoisotopic (exact) mass is 275 g/mol. The van der Waals surface area contributed by atoms with Crippen LogP contribution in [0.5, 0.6) is 0 Å². The first-order valence-corrected chi connectivity index (χ1v) is 7.04. The lowest BCUT2D eigenvalue weighted by atomic mass is 9.84. The van der Waals surface area contributed by atoms with Crippen molar-refractivity contribution in [1.82, 2.24) is 4.98 Å². The van der Waals surface area contributed by atoms with E-state index in [0.29, 0.717) is 0 Å². The molecule has 0 aliphatic carbocycles. The van der Waals surface area contributed by atoms with E-state index < -0.39 is 6.10 Å². The van der Waals surface area contributed by atoms with Crippen molar-refractivity contribution < 1.29 is 5.11 Å². The number of aliphatic hydroxyl groups is 1. The van der Waals surface area contributed by atoms with Crippen molar-refractivity contribution in [3.63, 3.8) is 0 Å². The maximum absolute atomic E-state index is 10.8. The van der Waals surface area contributed by atoms with Gasteiger partial charge in [0, 0.05) is 18.3 Å². The number of pyridine rings is 1. The Labute approximate surface area is 124 Å². The summed E-state index contributed by atoms with van der Waals surface area (Å²) < 4.78 is 0. The fraction of sp³-hybridized carbons (Fsp3) is 0.105. The van der Waals surface area contributed by atoms with Crippen molar-refractivity contribution in [3.05, 3.63) is 102 Å². The SMILES string of the molecule is O[C@@H](c1cccnc1)C(c1ccccc1)c1ccccc1. The second-order valence-electron chi connectivity index (χ2n) is 5.03. The Bertz CT molecular complexity index is 628. The number of rotatable bonds is 4. The summed E-state index contributed by atoms with van der Waals surface area (Å²) in [5.41, 5.74) is 3.02. The summed E-state index contributed by atoms with van der Waals surface area (Å²) in [4.78, 5) is 4.12. The first-order chi connectivity index (χ1) is 10.4. The highest BCUT2D eigenvalue weighted by Gasteiger charge is 2.24. The number of nitrogens with zero attached hydrogens (tertiary/aromatic N) is 1. The highest BCUT2D eigenvalue weighted by Crippen LogP contribution is 2.36. The van der Waals surface area contributed by atoms with Crippen LogP contribution in [0.25, 0.3) is 0 Å². The predicted molar refractivity (Wildman–Crippen MR) is 83.9 cm³/mol. The van der Waals surface area contributed by atoms with Gasteiger partial charge in [0.25, 0.3) is 0 Å². The number of aromatic nitrogens is 1. The van der Waals surface area contributed by atoms with Crippen LogP contribution in [-0.4, -0.2) is 10.1 Å². The highest BCUT2D eigenvalue weighted by atomic mass is 16.3. The molecule has 1 N–H and O–H groups in total. The van der Waals surface area contributed by atoms with Crippen LogP contribution in [0.1, 0.15) is 28.7 Å². The lowest BCUT2D eigenvalue weighted by Gasteiger charge is -2.24. The van der Waals surface area contributed by atoms with Crippen LogP contribution in [0.15, 0.2) is 85.2 Å². The van der Waals surface area contributed by atoms with E-state index >= 15 is 0 Å². The minimum absolute atomic E-state index is 0.100. The Morgan fingerprint density at radius 3 is 1.67 bits per heavy atom. The van der Waals surface area contributed by atoms with E-state index in [9.17, 15) is 5.11 Å². The molecule has 0 spiro atoms. The lowest BCUT2D eigenvalue weighted by molar-refractivity contribution is 0.158. The van der Waals surface area contributed by atoms with Gasteiger partial charge in [-0.3, -0.25) is 4.98 Å². The normalized spacial score (nSPS) is 12.3. The fourth-order valence-electron chi connectivity index (χ4n) is 2.62. The van der Waals surface area contributed by atoms with Crippen molar-refractivity contribution in [1.29, 1.82) is 0 Å². The molecular formula is C19H17NO. The summed E-state index contributed by atoms with van der Waals surface area (Å²) in [6.45, 7) is 0. The Hall–Kier alpha value is -2.45. The van der Waals surface area contributed by atoms with Gasteiger partial charge in [0.1, 0.15) is 0 Å². The maximum Gasteiger partial charge on any atom is 0.0913 e. The molecule has 0 bridgehead atoms. The number of benzene rings is 2. The van der Waals surface area contributed by atoms with E-state index in [1.165, 1.54) is 0 Å². The zero-order chi connectivity index (χ0) is 14.5. The molecule has 1 aromatic heterocycles. The van der Waals surface area contributed by atoms with Gasteiger partial charge in [-0.1, -0.05) is 66.7 Å². The van der Waals surface area contributed by atoms with Crippen LogP contribution in [0, 0.1) is 0 Å². The van der Waals surface area contributed by atoms with E-state index in [-0.39, 0.29) is 5.92 Å². The highest BCUT2D eigenvalue weighted by molar-refractivity contribution is 5.36. The van der Waals surface area contributed by atoms with Crippen LogP contribution in [0.2, 0.25) is 0 Å². The van der Waals surface area contributed by atoms with E-state index in [0.717, 1.165) is 16.7 Å². The van der Waals surface area contributed by atoms with Crippen molar-refractivity contribution in [2.75, 3.05) is 0 Å². The molecule has 21 heavy (non-hydrogen) atoms. The second-order valence-corrected chi connectivity index (χ2v) is 5.03. The minimum Gasteiger partial charge on any atom is -0.387 e. The van der Waals surface area contributed by atoms with Crippen LogP contribution < -0.4 is 0 Å². The van der Waals surface area contributed by atoms with Gasteiger partial charge in [-0.2, -0.15) is 0 Å². The number of hydrogen-bond donors (Lipinski definition) is 1. The Balaban J connectivity index is 2.05. The molecule has 0 aliphatic heterocycles. The van der Waals surface area contributed by atoms with Gasteiger partial charge in [-0.15, -0.1) is 0 Å². The van der Waals surface area contributed by atoms with Crippen LogP contribution in [0.4, 0.5) is 0 Å². The van der Waals surface area contributed by atoms with Crippen LogP contribution >= 0.6 is 0 Å². The van der Waals surface area contributed by atoms with Crippen molar-refractivity contribution >= 4 is 0 Å². The summed E-state index contributed by atoms with van der Waals surface area (Å²) in [6, 6.07) is 24.0. The largest absolute Gasteiger partial charge is 0.387 e. The molecule has 1 heterocycles. The molecule has 2 aromatic carbocycles. The standard InChI is InChI=1S/C19H17NO/c21-19(17-12-7-13-20-14-17)18(15-8-3-1-4-9-15)16-10-5-2-6-11-16/h1-14,18-19,21H/t19-/m0/s1. The number of aliphatic hydroxyl groups excluding tert-OH is 1. The molecule has 0 unspecified atom stereocenters. The van der Waals surface area contributed by atoms with E-state index in [1.807, 2.05) is 48.5 Å². The lowest BCUT2D eigenvalue weighted by Crippen LogP contribution is -2.12. The van der Waals surface area contributed by atoms with Gasteiger partial charge >= 0.3 is 0 Å². The average Bonchev–Trinajstić information content (AvgIpc) is 2.58. The molecule has 0 amide bonds. The Morgan fingerprint density at radius 2 is 1.19 bits per heavy atom. The van der Waals surface area contributed by atoms with E-state index in [4.69, 9.17) is 0 Å². The van der Waals surface area contributed by atoms with Crippen molar-refractivity contribution in [3.8, 4) is 0 Å². The second kappa shape index (κ2) is 6.33. The molecule has 104 valence electrons. The van der Waals surface area contributed by atoms with Gasteiger partial charge in [-0.05, 0) is 22.8 Å². The topological polar surface area (TPSA) is 33.1 Å². The van der Waals surface area contributed by atoms with Gasteiger partial charge in [0.05, 0.1) is 6.10 Å². The Morgan fingerprint density at radius 1 is 0.667 bits per heavy atom. The summed E-state index contributed by atoms with van der Waals surface area (Å²) in [5.74, 6) is -0.100. The molecule has 2 heteroatoms. The predicted octanol–water partition coefficient (Wildman–Crippen LogP) is 3.95. The van der Waals surface area contributed by atoms with Crippen LogP contribution in [0.3, 0.4) is 0 Å². The zero-order valence-corrected chi connectivity index (χ0v) is 11.6. The molecule has 0 saturated heterocycles. The van der Waals surface area contributed by atoms with E-state index in [1.54, 1.807) is 12.4 Å². The van der Waals surface area contributed by atoms with Gasteiger partial charge in [-0.25, -0.2) is 0 Å². The Kier molecular flexibility index (Phi) is 4.08. The summed E-state index contributed by atoms with van der Waals surface area (Å²) >= 11 is 0. The zero-order valence-electron chi connectivity index (χ0n) is 11.6. The molecule has 3 rings (SSSR count). The summed E-state index contributed by atoms with van der Waals surface area (Å²) in [7, 11) is 0. The fourth-order valence-corrected chi connectivity index (χ4v) is 2.62. The first-order valence-electron chi connectivity index (χ1n) is 7.04. The van der Waals surface area contributed by atoms with Crippen LogP contribution in [-0.2, 0) is 0 Å². The molecule has 2 nitrogen and oxygen atoms in total. The minimum atomic E-state index is -0.622. The molecule has 0 saturated carbocycles. The first kappa shape index (κ1) is 13.5. The maximum atomic E-state index is 10.8. The molecule has 1 atom stereocenters. The third-order valence-electron chi connectivity index (χ3n) is 3.66. The summed E-state index contributed by atoms with van der Waals surface area (Å²) in [5, 5.41) is 10.8. The molecule has 0 radical (unpaired) electrons. The van der Waals surface area contributed by atoms with Crippen molar-refractivity contribution in [2.24, 2.45) is 0 Å². The van der Waals surface area contributed by atoms with Gasteiger partial charge in [0.15, 0.2) is 0 Å². The third kappa shape index (κ3) is 3.01. The molecule has 0 fully saturated rings. The van der Waals surface area contributed by atoms with Gasteiger partial charge in [0.2, 0.25) is 0 Å². The van der Waals surface area contributed by atoms with E-state index in [2.05, 4.69) is 29.2 Å².